The molecule has 1 atom stereocenters. The van der Waals surface area contributed by atoms with E-state index in [0.29, 0.717) is 18.3 Å². The van der Waals surface area contributed by atoms with Gasteiger partial charge in [0.1, 0.15) is 5.82 Å². The molecule has 1 aliphatic carbocycles. The number of rotatable bonds is 5. The van der Waals surface area contributed by atoms with Crippen molar-refractivity contribution in [2.45, 2.75) is 25.0 Å². The van der Waals surface area contributed by atoms with E-state index in [9.17, 15) is 19.1 Å². The Morgan fingerprint density at radius 3 is 2.85 bits per heavy atom. The van der Waals surface area contributed by atoms with E-state index in [1.165, 1.54) is 17.0 Å². The van der Waals surface area contributed by atoms with Crippen molar-refractivity contribution >= 4 is 17.4 Å². The average Bonchev–Trinajstić information content (AvgIpc) is 3.22. The zero-order chi connectivity index (χ0) is 14.3. The maximum atomic E-state index is 13.1. The highest BCUT2D eigenvalue weighted by molar-refractivity contribution is 6.52. The molecule has 3 rings (SSSR count). The van der Waals surface area contributed by atoms with E-state index in [1.54, 1.807) is 0 Å². The summed E-state index contributed by atoms with van der Waals surface area (Å²) in [4.78, 5) is 24.9. The Morgan fingerprint density at radius 2 is 2.15 bits per heavy atom. The Labute approximate surface area is 115 Å². The third kappa shape index (κ3) is 2.44. The first kappa shape index (κ1) is 13.2. The number of hydrogen-bond donors (Lipinski definition) is 2. The predicted octanol–water partition coefficient (Wildman–Crippen LogP) is 0.468. The molecule has 1 unspecified atom stereocenters. The summed E-state index contributed by atoms with van der Waals surface area (Å²) in [6.45, 7) is 0.405. The van der Waals surface area contributed by atoms with Gasteiger partial charge in [-0.3, -0.25) is 9.59 Å². The minimum absolute atomic E-state index is 0.0307. The Bertz CT molecular complexity index is 572. The van der Waals surface area contributed by atoms with Crippen LogP contribution >= 0.6 is 0 Å². The molecule has 0 radical (unpaired) electrons. The number of nitrogens with one attached hydrogen (secondary N) is 1. The standard InChI is InChI=1S/C14H15FN2O3/c15-8-1-4-12-11(5-8)13(19)14(20)17(12)7-10(18)6-16-9-2-3-9/h1,4-5,9-10,16,18H,2-3,6-7H2. The van der Waals surface area contributed by atoms with Crippen LogP contribution in [0.1, 0.15) is 23.2 Å². The molecule has 1 aliphatic heterocycles. The smallest absolute Gasteiger partial charge is 0.299 e. The van der Waals surface area contributed by atoms with E-state index in [1.807, 2.05) is 0 Å². The molecule has 0 aromatic heterocycles. The second kappa shape index (κ2) is 4.96. The minimum Gasteiger partial charge on any atom is -0.390 e. The van der Waals surface area contributed by atoms with E-state index >= 15 is 0 Å². The number of aliphatic hydroxyl groups excluding tert-OH is 1. The monoisotopic (exact) mass is 278 g/mol. The molecule has 2 N–H and O–H groups in total. The van der Waals surface area contributed by atoms with E-state index in [-0.39, 0.29) is 12.1 Å². The molecule has 20 heavy (non-hydrogen) atoms. The molecular formula is C14H15FN2O3. The maximum Gasteiger partial charge on any atom is 0.299 e. The molecule has 1 aromatic carbocycles. The second-order valence-electron chi connectivity index (χ2n) is 5.24. The summed E-state index contributed by atoms with van der Waals surface area (Å²) >= 11 is 0. The van der Waals surface area contributed by atoms with Crippen LogP contribution in [0.3, 0.4) is 0 Å². The molecule has 1 heterocycles. The third-order valence-electron chi connectivity index (χ3n) is 3.55. The number of aliphatic hydroxyl groups is 1. The number of benzene rings is 1. The predicted molar refractivity (Wildman–Crippen MR) is 70.1 cm³/mol. The SMILES string of the molecule is O=C1C(=O)N(CC(O)CNC2CC2)c2ccc(F)cc21. The summed E-state index contributed by atoms with van der Waals surface area (Å²) in [5.74, 6) is -1.99. The van der Waals surface area contributed by atoms with Gasteiger partial charge >= 0.3 is 0 Å². The van der Waals surface area contributed by atoms with Crippen molar-refractivity contribution in [1.82, 2.24) is 5.32 Å². The van der Waals surface area contributed by atoms with Crippen molar-refractivity contribution in [3.8, 4) is 0 Å². The van der Waals surface area contributed by atoms with Crippen LogP contribution in [0.2, 0.25) is 0 Å². The first-order valence-corrected chi connectivity index (χ1v) is 6.63. The van der Waals surface area contributed by atoms with E-state index in [4.69, 9.17) is 0 Å². The van der Waals surface area contributed by atoms with Gasteiger partial charge in [0.2, 0.25) is 0 Å². The summed E-state index contributed by atoms with van der Waals surface area (Å²) < 4.78 is 13.1. The molecule has 5 nitrogen and oxygen atoms in total. The number of halogens is 1. The van der Waals surface area contributed by atoms with Crippen LogP contribution in [0.15, 0.2) is 18.2 Å². The lowest BCUT2D eigenvalue weighted by Crippen LogP contribution is -2.41. The number of amides is 1. The fraction of sp³-hybridized carbons (Fsp3) is 0.429. The zero-order valence-corrected chi connectivity index (χ0v) is 10.8. The largest absolute Gasteiger partial charge is 0.390 e. The van der Waals surface area contributed by atoms with Crippen LogP contribution in [-0.4, -0.2) is 42.0 Å². The molecule has 0 saturated heterocycles. The van der Waals surface area contributed by atoms with Gasteiger partial charge in [0.05, 0.1) is 23.9 Å². The summed E-state index contributed by atoms with van der Waals surface area (Å²) in [5.41, 5.74) is 0.434. The molecule has 1 saturated carbocycles. The minimum atomic E-state index is -0.761. The Morgan fingerprint density at radius 1 is 1.40 bits per heavy atom. The van der Waals surface area contributed by atoms with E-state index in [0.717, 1.165) is 18.9 Å². The van der Waals surface area contributed by atoms with Crippen LogP contribution in [0.4, 0.5) is 10.1 Å². The highest BCUT2D eigenvalue weighted by Gasteiger charge is 2.37. The van der Waals surface area contributed by atoms with Gasteiger partial charge < -0.3 is 15.3 Å². The molecule has 1 fully saturated rings. The van der Waals surface area contributed by atoms with Crippen molar-refractivity contribution < 1.29 is 19.1 Å². The van der Waals surface area contributed by atoms with Gasteiger partial charge in [0.25, 0.3) is 11.7 Å². The molecule has 6 heteroatoms. The summed E-state index contributed by atoms with van der Waals surface area (Å²) in [6.07, 6.45) is 1.45. The van der Waals surface area contributed by atoms with Crippen LogP contribution in [-0.2, 0) is 4.79 Å². The number of ketones is 1. The summed E-state index contributed by atoms with van der Waals surface area (Å²) in [7, 11) is 0. The van der Waals surface area contributed by atoms with Crippen molar-refractivity contribution in [1.29, 1.82) is 0 Å². The topological polar surface area (TPSA) is 69.6 Å². The second-order valence-corrected chi connectivity index (χ2v) is 5.24. The fourth-order valence-corrected chi connectivity index (χ4v) is 2.32. The van der Waals surface area contributed by atoms with Gasteiger partial charge in [-0.2, -0.15) is 0 Å². The van der Waals surface area contributed by atoms with E-state index in [2.05, 4.69) is 5.32 Å². The van der Waals surface area contributed by atoms with Crippen LogP contribution in [0, 0.1) is 5.82 Å². The van der Waals surface area contributed by atoms with Gasteiger partial charge in [0, 0.05) is 12.6 Å². The Balaban J connectivity index is 1.73. The summed E-state index contributed by atoms with van der Waals surface area (Å²) in [5, 5.41) is 13.1. The molecule has 2 aliphatic rings. The van der Waals surface area contributed by atoms with Gasteiger partial charge in [-0.1, -0.05) is 0 Å². The van der Waals surface area contributed by atoms with Crippen molar-refractivity contribution in [2.24, 2.45) is 0 Å². The van der Waals surface area contributed by atoms with Gasteiger partial charge in [-0.25, -0.2) is 4.39 Å². The van der Waals surface area contributed by atoms with Crippen LogP contribution in [0.5, 0.6) is 0 Å². The number of carbonyl (C=O) groups is 2. The number of anilines is 1. The molecule has 1 aromatic rings. The molecule has 0 bridgehead atoms. The molecule has 0 spiro atoms. The third-order valence-corrected chi connectivity index (χ3v) is 3.55. The first-order valence-electron chi connectivity index (χ1n) is 6.63. The number of hydrogen-bond acceptors (Lipinski definition) is 4. The molecule has 1 amide bonds. The molecular weight excluding hydrogens is 263 g/mol. The average molecular weight is 278 g/mol. The number of Topliss-reactive ketones (excluding diaryl/α,β-unsaturated/α-hetero) is 1. The van der Waals surface area contributed by atoms with Crippen molar-refractivity contribution in [2.75, 3.05) is 18.0 Å². The number of fused-ring (bicyclic) bond motifs is 1. The lowest BCUT2D eigenvalue weighted by molar-refractivity contribution is -0.114. The highest BCUT2D eigenvalue weighted by atomic mass is 19.1. The van der Waals surface area contributed by atoms with Gasteiger partial charge in [0.15, 0.2) is 0 Å². The lowest BCUT2D eigenvalue weighted by Gasteiger charge is -2.20. The first-order chi connectivity index (χ1) is 9.56. The number of nitrogens with zero attached hydrogens (tertiary/aromatic N) is 1. The normalized spacial score (nSPS) is 19.4. The fourth-order valence-electron chi connectivity index (χ4n) is 2.32. The van der Waals surface area contributed by atoms with Crippen LogP contribution in [0.25, 0.3) is 0 Å². The van der Waals surface area contributed by atoms with Crippen molar-refractivity contribution in [3.63, 3.8) is 0 Å². The summed E-state index contributed by atoms with van der Waals surface area (Å²) in [6, 6.07) is 4.12. The lowest BCUT2D eigenvalue weighted by atomic mass is 10.1. The van der Waals surface area contributed by atoms with Gasteiger partial charge in [-0.15, -0.1) is 0 Å². The number of β-amino-alcohol motifs (C(OH)–C–C–N with tert-alkyl or cyclic N) is 1. The molecule has 106 valence electrons. The van der Waals surface area contributed by atoms with E-state index < -0.39 is 23.6 Å². The van der Waals surface area contributed by atoms with Crippen molar-refractivity contribution in [3.05, 3.63) is 29.6 Å². The zero-order valence-electron chi connectivity index (χ0n) is 10.8. The number of carbonyl (C=O) groups excluding carboxylic acids is 2. The highest BCUT2D eigenvalue weighted by Crippen LogP contribution is 2.29. The Kier molecular flexibility index (Phi) is 3.27. The maximum absolute atomic E-state index is 13.1. The van der Waals surface area contributed by atoms with Gasteiger partial charge in [-0.05, 0) is 31.0 Å². The quantitative estimate of drug-likeness (QED) is 0.768. The Hall–Kier alpha value is -1.79. The van der Waals surface area contributed by atoms with Crippen LogP contribution < -0.4 is 10.2 Å².